The number of rotatable bonds is 2. The Labute approximate surface area is 107 Å². The second-order valence-corrected chi connectivity index (χ2v) is 5.09. The molecule has 18 heavy (non-hydrogen) atoms. The highest BCUT2D eigenvalue weighted by atomic mass is 16.5. The van der Waals surface area contributed by atoms with Gasteiger partial charge in [0.25, 0.3) is 0 Å². The highest BCUT2D eigenvalue weighted by Gasteiger charge is 2.34. The van der Waals surface area contributed by atoms with Crippen molar-refractivity contribution in [3.8, 4) is 5.88 Å². The summed E-state index contributed by atoms with van der Waals surface area (Å²) < 4.78 is 5.16. The van der Waals surface area contributed by atoms with Crippen LogP contribution in [-0.4, -0.2) is 24.0 Å². The van der Waals surface area contributed by atoms with Crippen molar-refractivity contribution in [1.82, 2.24) is 4.98 Å². The molecule has 2 aliphatic rings. The van der Waals surface area contributed by atoms with E-state index in [1.807, 2.05) is 11.0 Å². The average molecular weight is 246 g/mol. The van der Waals surface area contributed by atoms with Gasteiger partial charge in [0, 0.05) is 23.9 Å². The Hall–Kier alpha value is -1.58. The zero-order chi connectivity index (χ0) is 12.5. The molecule has 1 aromatic heterocycles. The molecule has 1 saturated carbocycles. The van der Waals surface area contributed by atoms with Crippen LogP contribution in [0.15, 0.2) is 12.3 Å². The number of fused-ring (bicyclic) bond motifs is 1. The van der Waals surface area contributed by atoms with E-state index in [0.717, 1.165) is 24.1 Å². The molecule has 1 aromatic rings. The molecule has 1 aliphatic heterocycles. The summed E-state index contributed by atoms with van der Waals surface area (Å²) in [7, 11) is 1.61. The van der Waals surface area contributed by atoms with Crippen LogP contribution in [0.5, 0.6) is 5.88 Å². The van der Waals surface area contributed by atoms with Gasteiger partial charge in [0.05, 0.1) is 19.2 Å². The lowest BCUT2D eigenvalue weighted by Gasteiger charge is -2.31. The molecule has 0 spiro atoms. The Bertz CT molecular complexity index is 467. The maximum atomic E-state index is 12.2. The van der Waals surface area contributed by atoms with E-state index < -0.39 is 0 Å². The number of carbonyl (C=O) groups excluding carboxylic acids is 1. The quantitative estimate of drug-likeness (QED) is 0.804. The van der Waals surface area contributed by atoms with Crippen molar-refractivity contribution >= 4 is 11.6 Å². The minimum absolute atomic E-state index is 0.215. The fraction of sp³-hybridized carbons (Fsp3) is 0.571. The van der Waals surface area contributed by atoms with Crippen molar-refractivity contribution in [2.24, 2.45) is 0 Å². The molecular weight excluding hydrogens is 228 g/mol. The van der Waals surface area contributed by atoms with E-state index in [4.69, 9.17) is 4.74 Å². The van der Waals surface area contributed by atoms with E-state index in [0.29, 0.717) is 18.3 Å². The van der Waals surface area contributed by atoms with Crippen molar-refractivity contribution in [2.75, 3.05) is 12.0 Å². The Morgan fingerprint density at radius 2 is 2.11 bits per heavy atom. The van der Waals surface area contributed by atoms with Gasteiger partial charge in [-0.15, -0.1) is 0 Å². The third kappa shape index (κ3) is 1.85. The van der Waals surface area contributed by atoms with E-state index >= 15 is 0 Å². The summed E-state index contributed by atoms with van der Waals surface area (Å²) in [5, 5.41) is 0. The van der Waals surface area contributed by atoms with Crippen LogP contribution in [0.25, 0.3) is 0 Å². The van der Waals surface area contributed by atoms with Gasteiger partial charge in [-0.1, -0.05) is 19.3 Å². The lowest BCUT2D eigenvalue weighted by atomic mass is 9.94. The van der Waals surface area contributed by atoms with Crippen molar-refractivity contribution in [2.45, 2.75) is 44.6 Å². The van der Waals surface area contributed by atoms with Crippen LogP contribution in [0.1, 0.15) is 37.7 Å². The van der Waals surface area contributed by atoms with Crippen molar-refractivity contribution in [1.29, 1.82) is 0 Å². The van der Waals surface area contributed by atoms with Gasteiger partial charge in [-0.2, -0.15) is 0 Å². The van der Waals surface area contributed by atoms with Crippen molar-refractivity contribution < 1.29 is 9.53 Å². The van der Waals surface area contributed by atoms with Gasteiger partial charge in [0.15, 0.2) is 0 Å². The summed E-state index contributed by atoms with van der Waals surface area (Å²) in [4.78, 5) is 18.4. The normalized spacial score (nSPS) is 20.1. The molecule has 0 unspecified atom stereocenters. The fourth-order valence-electron chi connectivity index (χ4n) is 3.05. The zero-order valence-corrected chi connectivity index (χ0v) is 10.7. The van der Waals surface area contributed by atoms with E-state index in [9.17, 15) is 4.79 Å². The maximum absolute atomic E-state index is 12.2. The first-order valence-electron chi connectivity index (χ1n) is 6.64. The molecule has 0 atom stereocenters. The number of anilines is 1. The summed E-state index contributed by atoms with van der Waals surface area (Å²) in [6.45, 7) is 0. The summed E-state index contributed by atoms with van der Waals surface area (Å²) in [6, 6.07) is 2.27. The molecule has 96 valence electrons. The van der Waals surface area contributed by atoms with E-state index in [1.54, 1.807) is 13.3 Å². The monoisotopic (exact) mass is 246 g/mol. The largest absolute Gasteiger partial charge is 0.481 e. The molecule has 1 fully saturated rings. The maximum Gasteiger partial charge on any atom is 0.231 e. The first-order chi connectivity index (χ1) is 8.79. The summed E-state index contributed by atoms with van der Waals surface area (Å²) in [5.74, 6) is 0.802. The molecule has 1 aliphatic carbocycles. The summed E-state index contributed by atoms with van der Waals surface area (Å²) in [6.07, 6.45) is 8.26. The average Bonchev–Trinajstić information content (AvgIpc) is 2.74. The smallest absolute Gasteiger partial charge is 0.231 e. The number of hydrogen-bond acceptors (Lipinski definition) is 3. The number of ether oxygens (including phenoxy) is 1. The van der Waals surface area contributed by atoms with E-state index in [-0.39, 0.29) is 5.91 Å². The molecule has 0 aromatic carbocycles. The number of carbonyl (C=O) groups is 1. The Morgan fingerprint density at radius 3 is 2.83 bits per heavy atom. The highest BCUT2D eigenvalue weighted by Crippen LogP contribution is 2.36. The molecule has 0 bridgehead atoms. The number of amides is 1. The molecule has 0 saturated heterocycles. The molecule has 4 heteroatoms. The van der Waals surface area contributed by atoms with Crippen molar-refractivity contribution in [3.05, 3.63) is 17.8 Å². The predicted molar refractivity (Wildman–Crippen MR) is 68.9 cm³/mol. The number of methoxy groups -OCH3 is 1. The number of nitrogens with zero attached hydrogens (tertiary/aromatic N) is 2. The minimum atomic E-state index is 0.215. The van der Waals surface area contributed by atoms with Gasteiger partial charge in [0.2, 0.25) is 11.8 Å². The van der Waals surface area contributed by atoms with Crippen LogP contribution >= 0.6 is 0 Å². The molecule has 3 rings (SSSR count). The minimum Gasteiger partial charge on any atom is -0.481 e. The first kappa shape index (κ1) is 11.5. The lowest BCUT2D eigenvalue weighted by molar-refractivity contribution is -0.117. The molecule has 4 nitrogen and oxygen atoms in total. The molecule has 2 heterocycles. The van der Waals surface area contributed by atoms with Crippen LogP contribution in [-0.2, 0) is 11.2 Å². The van der Waals surface area contributed by atoms with Crippen LogP contribution < -0.4 is 9.64 Å². The number of pyridine rings is 1. The van der Waals surface area contributed by atoms with Gasteiger partial charge in [-0.3, -0.25) is 4.79 Å². The second kappa shape index (κ2) is 4.59. The van der Waals surface area contributed by atoms with E-state index in [2.05, 4.69) is 4.98 Å². The Morgan fingerprint density at radius 1 is 1.33 bits per heavy atom. The predicted octanol–water partition coefficient (Wildman–Crippen LogP) is 2.31. The second-order valence-electron chi connectivity index (χ2n) is 5.09. The van der Waals surface area contributed by atoms with Gasteiger partial charge in [-0.25, -0.2) is 4.98 Å². The lowest BCUT2D eigenvalue weighted by Crippen LogP contribution is -2.39. The Balaban J connectivity index is 1.93. The zero-order valence-electron chi connectivity index (χ0n) is 10.7. The van der Waals surface area contributed by atoms with Gasteiger partial charge in [-0.05, 0) is 12.8 Å². The summed E-state index contributed by atoms with van der Waals surface area (Å²) in [5.41, 5.74) is 2.05. The van der Waals surface area contributed by atoms with Crippen LogP contribution in [0.3, 0.4) is 0 Å². The van der Waals surface area contributed by atoms with Crippen LogP contribution in [0.2, 0.25) is 0 Å². The van der Waals surface area contributed by atoms with Gasteiger partial charge < -0.3 is 9.64 Å². The SMILES string of the molecule is COc1cc2c(cn1)CC(=O)N2C1CCCCC1. The van der Waals surface area contributed by atoms with Crippen LogP contribution in [0, 0.1) is 0 Å². The van der Waals surface area contributed by atoms with Gasteiger partial charge >= 0.3 is 0 Å². The fourth-order valence-corrected chi connectivity index (χ4v) is 3.05. The molecular formula is C14H18N2O2. The number of aromatic nitrogens is 1. The third-order valence-electron chi connectivity index (χ3n) is 3.96. The van der Waals surface area contributed by atoms with Crippen molar-refractivity contribution in [3.63, 3.8) is 0 Å². The first-order valence-corrected chi connectivity index (χ1v) is 6.64. The van der Waals surface area contributed by atoms with E-state index in [1.165, 1.54) is 19.3 Å². The standard InChI is InChI=1S/C14H18N2O2/c1-18-13-8-12-10(9-15-13)7-14(17)16(12)11-5-3-2-4-6-11/h8-9,11H,2-7H2,1H3. The highest BCUT2D eigenvalue weighted by molar-refractivity contribution is 6.01. The van der Waals surface area contributed by atoms with Crippen LogP contribution in [0.4, 0.5) is 5.69 Å². The topological polar surface area (TPSA) is 42.4 Å². The van der Waals surface area contributed by atoms with Gasteiger partial charge in [0.1, 0.15) is 0 Å². The number of hydrogen-bond donors (Lipinski definition) is 0. The molecule has 0 N–H and O–H groups in total. The third-order valence-corrected chi connectivity index (χ3v) is 3.96. The summed E-state index contributed by atoms with van der Waals surface area (Å²) >= 11 is 0. The molecule has 0 radical (unpaired) electrons. The molecule has 1 amide bonds. The Kier molecular flexibility index (Phi) is 2.94.